The summed E-state index contributed by atoms with van der Waals surface area (Å²) in [5, 5.41) is 0. The third-order valence-corrected chi connectivity index (χ3v) is 0.810. The van der Waals surface area contributed by atoms with Gasteiger partial charge in [-0.3, -0.25) is 0 Å². The van der Waals surface area contributed by atoms with E-state index in [2.05, 4.69) is 0 Å². The van der Waals surface area contributed by atoms with Gasteiger partial charge in [0.25, 0.3) is 0 Å². The van der Waals surface area contributed by atoms with E-state index in [1.54, 1.807) is 37.0 Å². The largest absolute Gasteiger partial charge is 0.497 e. The maximum Gasteiger partial charge on any atom is 0.109 e. The molecule has 0 saturated carbocycles. The molecule has 48 valence electrons. The Morgan fingerprint density at radius 3 is 2.89 bits per heavy atom. The van der Waals surface area contributed by atoms with Gasteiger partial charge in [0.15, 0.2) is 0 Å². The smallest absolute Gasteiger partial charge is 0.109 e. The van der Waals surface area contributed by atoms with Crippen molar-refractivity contribution >= 4 is 0 Å². The van der Waals surface area contributed by atoms with E-state index >= 15 is 0 Å². The lowest BCUT2D eigenvalue weighted by atomic mass is 10.6. The monoisotopic (exact) mass is 124 g/mol. The van der Waals surface area contributed by atoms with Gasteiger partial charge in [-0.05, 0) is 18.2 Å². The number of hydrogen-bond donors (Lipinski definition) is 0. The molecule has 0 saturated heterocycles. The molecule has 0 fully saturated rings. The zero-order valence-corrected chi connectivity index (χ0v) is 4.99. The lowest BCUT2D eigenvalue weighted by molar-refractivity contribution is 0.286. The molecule has 0 aromatic carbocycles. The van der Waals surface area contributed by atoms with Gasteiger partial charge in [0.2, 0.25) is 0 Å². The van der Waals surface area contributed by atoms with Crippen LogP contribution in [0.2, 0.25) is 0 Å². The molecule has 0 aliphatic carbocycles. The van der Waals surface area contributed by atoms with Gasteiger partial charge in [0.1, 0.15) is 6.61 Å². The average molecular weight is 124 g/mol. The Labute approximate surface area is 54.1 Å². The van der Waals surface area contributed by atoms with Crippen molar-refractivity contribution in [2.45, 2.75) is 0 Å². The summed E-state index contributed by atoms with van der Waals surface area (Å²) in [7, 11) is 0. The van der Waals surface area contributed by atoms with Crippen molar-refractivity contribution in [3.63, 3.8) is 0 Å². The number of ether oxygens (including phenoxy) is 2. The predicted octanol–water partition coefficient (Wildman–Crippen LogP) is 1.57. The minimum absolute atomic E-state index is 0.568. The molecule has 1 heterocycles. The van der Waals surface area contributed by atoms with Crippen LogP contribution in [0.15, 0.2) is 37.0 Å². The van der Waals surface area contributed by atoms with E-state index in [0.717, 1.165) is 0 Å². The summed E-state index contributed by atoms with van der Waals surface area (Å²) >= 11 is 0. The molecular formula is C7H8O2. The SMILES string of the molecule is C1=C\O/C=C\CO\C=C/1. The van der Waals surface area contributed by atoms with Crippen LogP contribution in [0.25, 0.3) is 0 Å². The minimum atomic E-state index is 0.568. The summed E-state index contributed by atoms with van der Waals surface area (Å²) in [5.41, 5.74) is 0. The molecule has 0 atom stereocenters. The first-order valence-corrected chi connectivity index (χ1v) is 2.74. The van der Waals surface area contributed by atoms with Crippen molar-refractivity contribution in [2.75, 3.05) is 6.61 Å². The molecular weight excluding hydrogens is 116 g/mol. The molecule has 0 spiro atoms. The first-order valence-electron chi connectivity index (χ1n) is 2.74. The lowest BCUT2D eigenvalue weighted by Gasteiger charge is -1.89. The summed E-state index contributed by atoms with van der Waals surface area (Å²) in [6.45, 7) is 0.568. The van der Waals surface area contributed by atoms with Crippen LogP contribution >= 0.6 is 0 Å². The van der Waals surface area contributed by atoms with E-state index in [0.29, 0.717) is 6.61 Å². The maximum absolute atomic E-state index is 4.96. The van der Waals surface area contributed by atoms with Crippen LogP contribution in [-0.2, 0) is 9.47 Å². The molecule has 1 aliphatic rings. The molecule has 0 aromatic heterocycles. The van der Waals surface area contributed by atoms with Crippen LogP contribution in [-0.4, -0.2) is 6.61 Å². The molecule has 0 N–H and O–H groups in total. The van der Waals surface area contributed by atoms with Crippen molar-refractivity contribution in [1.82, 2.24) is 0 Å². The highest BCUT2D eigenvalue weighted by atomic mass is 16.5. The second-order valence-corrected chi connectivity index (χ2v) is 1.50. The normalized spacial score (nSPS) is 27.6. The van der Waals surface area contributed by atoms with Gasteiger partial charge in [-0.1, -0.05) is 0 Å². The van der Waals surface area contributed by atoms with Gasteiger partial charge < -0.3 is 9.47 Å². The minimum Gasteiger partial charge on any atom is -0.497 e. The van der Waals surface area contributed by atoms with E-state index in [4.69, 9.17) is 9.47 Å². The molecule has 2 nitrogen and oxygen atoms in total. The van der Waals surface area contributed by atoms with Gasteiger partial charge in [0.05, 0.1) is 18.8 Å². The van der Waals surface area contributed by atoms with E-state index in [1.807, 2.05) is 0 Å². The molecule has 9 heavy (non-hydrogen) atoms. The molecule has 0 aromatic rings. The quantitative estimate of drug-likeness (QED) is 0.488. The topological polar surface area (TPSA) is 18.5 Å². The van der Waals surface area contributed by atoms with Crippen molar-refractivity contribution in [3.05, 3.63) is 37.0 Å². The fourth-order valence-electron chi connectivity index (χ4n) is 0.443. The highest BCUT2D eigenvalue weighted by Crippen LogP contribution is 1.88. The maximum atomic E-state index is 4.96. The molecule has 0 amide bonds. The Morgan fingerprint density at radius 1 is 1.00 bits per heavy atom. The first kappa shape index (κ1) is 5.95. The van der Waals surface area contributed by atoms with E-state index in [-0.39, 0.29) is 0 Å². The summed E-state index contributed by atoms with van der Waals surface area (Å²) in [4.78, 5) is 0. The highest BCUT2D eigenvalue weighted by Gasteiger charge is 1.75. The van der Waals surface area contributed by atoms with Crippen molar-refractivity contribution in [3.8, 4) is 0 Å². The fraction of sp³-hybridized carbons (Fsp3) is 0.143. The molecule has 0 bridgehead atoms. The number of hydrogen-bond acceptors (Lipinski definition) is 2. The van der Waals surface area contributed by atoms with E-state index in [9.17, 15) is 0 Å². The standard InChI is InChI=1S/C7H8O2/c1-2-5-9-7-3-6-8-4-1/h1-6H,7H2/b4-1-,5-2-,6-3-. The first-order chi connectivity index (χ1) is 4.50. The van der Waals surface area contributed by atoms with Crippen LogP contribution < -0.4 is 0 Å². The molecule has 0 radical (unpaired) electrons. The average Bonchev–Trinajstić information content (AvgIpc) is 2.00. The van der Waals surface area contributed by atoms with Gasteiger partial charge in [-0.25, -0.2) is 0 Å². The summed E-state index contributed by atoms with van der Waals surface area (Å²) < 4.78 is 9.82. The highest BCUT2D eigenvalue weighted by molar-refractivity contribution is 4.98. The second kappa shape index (κ2) is 3.78. The van der Waals surface area contributed by atoms with Crippen LogP contribution in [0.3, 0.4) is 0 Å². The van der Waals surface area contributed by atoms with E-state index in [1.165, 1.54) is 0 Å². The Morgan fingerprint density at radius 2 is 1.89 bits per heavy atom. The Hall–Kier alpha value is -1.18. The van der Waals surface area contributed by atoms with Crippen molar-refractivity contribution in [1.29, 1.82) is 0 Å². The predicted molar refractivity (Wildman–Crippen MR) is 34.5 cm³/mol. The fourth-order valence-corrected chi connectivity index (χ4v) is 0.443. The zero-order valence-electron chi connectivity index (χ0n) is 4.99. The number of rotatable bonds is 0. The summed E-state index contributed by atoms with van der Waals surface area (Å²) in [6, 6.07) is 0. The molecule has 2 heteroatoms. The Bertz CT molecular complexity index is 145. The number of allylic oxidation sites excluding steroid dienone is 2. The molecule has 1 aliphatic heterocycles. The van der Waals surface area contributed by atoms with Crippen LogP contribution in [0.1, 0.15) is 0 Å². The van der Waals surface area contributed by atoms with Crippen LogP contribution in [0, 0.1) is 0 Å². The van der Waals surface area contributed by atoms with Crippen LogP contribution in [0.4, 0.5) is 0 Å². The summed E-state index contributed by atoms with van der Waals surface area (Å²) in [5.74, 6) is 0. The van der Waals surface area contributed by atoms with Gasteiger partial charge in [-0.2, -0.15) is 0 Å². The summed E-state index contributed by atoms with van der Waals surface area (Å²) in [6.07, 6.45) is 10.1. The van der Waals surface area contributed by atoms with E-state index < -0.39 is 0 Å². The molecule has 0 unspecified atom stereocenters. The van der Waals surface area contributed by atoms with Gasteiger partial charge in [-0.15, -0.1) is 0 Å². The second-order valence-electron chi connectivity index (χ2n) is 1.50. The van der Waals surface area contributed by atoms with Gasteiger partial charge >= 0.3 is 0 Å². The third kappa shape index (κ3) is 2.59. The lowest BCUT2D eigenvalue weighted by Crippen LogP contribution is -1.78. The Kier molecular flexibility index (Phi) is 2.50. The van der Waals surface area contributed by atoms with Crippen molar-refractivity contribution in [2.24, 2.45) is 0 Å². The Balaban J connectivity index is 2.43. The van der Waals surface area contributed by atoms with Gasteiger partial charge in [0, 0.05) is 0 Å². The zero-order chi connectivity index (χ0) is 6.36. The van der Waals surface area contributed by atoms with Crippen molar-refractivity contribution < 1.29 is 9.47 Å². The molecule has 1 rings (SSSR count). The third-order valence-electron chi connectivity index (χ3n) is 0.810. The van der Waals surface area contributed by atoms with Crippen LogP contribution in [0.5, 0.6) is 0 Å².